The highest BCUT2D eigenvalue weighted by Crippen LogP contribution is 2.55. The fourth-order valence-corrected chi connectivity index (χ4v) is 5.97. The molecular weight excluding hydrogens is 390 g/mol. The van der Waals surface area contributed by atoms with Crippen LogP contribution in [0.4, 0.5) is 0 Å². The minimum absolute atomic E-state index is 0.0477. The lowest BCUT2D eigenvalue weighted by atomic mass is 9.60. The zero-order valence-electron chi connectivity index (χ0n) is 17.7. The molecule has 6 heteroatoms. The van der Waals surface area contributed by atoms with Gasteiger partial charge in [-0.1, -0.05) is 49.2 Å². The summed E-state index contributed by atoms with van der Waals surface area (Å²) in [5.41, 5.74) is 1.63. The normalized spacial score (nSPS) is 24.7. The minimum atomic E-state index is -0.404. The Morgan fingerprint density at radius 2 is 1.81 bits per heavy atom. The molecule has 1 aromatic carbocycles. The van der Waals surface area contributed by atoms with Crippen LogP contribution in [-0.2, 0) is 16.0 Å². The molecule has 0 bridgehead atoms. The smallest absolute Gasteiger partial charge is 0.227 e. The van der Waals surface area contributed by atoms with Gasteiger partial charge in [0.1, 0.15) is 0 Å². The Kier molecular flexibility index (Phi) is 5.26. The van der Waals surface area contributed by atoms with Gasteiger partial charge in [-0.05, 0) is 30.0 Å². The van der Waals surface area contributed by atoms with Gasteiger partial charge in [0.2, 0.25) is 11.8 Å². The number of aliphatic hydroxyl groups excluding tert-OH is 1. The van der Waals surface area contributed by atoms with Crippen molar-refractivity contribution in [3.8, 4) is 0 Å². The van der Waals surface area contributed by atoms with Gasteiger partial charge < -0.3 is 14.9 Å². The molecule has 3 fully saturated rings. The molecule has 31 heavy (non-hydrogen) atoms. The van der Waals surface area contributed by atoms with Gasteiger partial charge >= 0.3 is 0 Å². The molecule has 3 heterocycles. The van der Waals surface area contributed by atoms with Crippen LogP contribution in [0.2, 0.25) is 0 Å². The Morgan fingerprint density at radius 3 is 2.45 bits per heavy atom. The highest BCUT2D eigenvalue weighted by molar-refractivity contribution is 5.85. The Labute approximate surface area is 182 Å². The summed E-state index contributed by atoms with van der Waals surface area (Å²) in [6.45, 7) is 1.00. The van der Waals surface area contributed by atoms with Gasteiger partial charge in [-0.3, -0.25) is 14.6 Å². The Balaban J connectivity index is 1.39. The molecule has 6 nitrogen and oxygen atoms in total. The quantitative estimate of drug-likeness (QED) is 0.808. The van der Waals surface area contributed by atoms with Crippen LogP contribution in [0, 0.1) is 5.92 Å². The summed E-state index contributed by atoms with van der Waals surface area (Å²) in [6.07, 6.45) is 7.80. The first kappa shape index (κ1) is 20.2. The van der Waals surface area contributed by atoms with Gasteiger partial charge in [-0.25, -0.2) is 0 Å². The van der Waals surface area contributed by atoms with E-state index in [2.05, 4.69) is 17.1 Å². The van der Waals surface area contributed by atoms with E-state index in [1.54, 1.807) is 12.4 Å². The van der Waals surface area contributed by atoms with Crippen molar-refractivity contribution < 1.29 is 14.7 Å². The maximum atomic E-state index is 13.5. The number of hydrogen-bond donors (Lipinski definition) is 1. The van der Waals surface area contributed by atoms with Crippen LogP contribution in [0.3, 0.4) is 0 Å². The Hall–Kier alpha value is -2.73. The molecule has 2 saturated heterocycles. The second-order valence-corrected chi connectivity index (χ2v) is 9.22. The van der Waals surface area contributed by atoms with Crippen LogP contribution in [0.1, 0.15) is 42.7 Å². The number of pyridine rings is 1. The third-order valence-corrected chi connectivity index (χ3v) is 7.42. The van der Waals surface area contributed by atoms with Crippen molar-refractivity contribution in [1.29, 1.82) is 0 Å². The summed E-state index contributed by atoms with van der Waals surface area (Å²) in [5.74, 6) is 0.337. The molecule has 1 aliphatic carbocycles. The molecule has 0 unspecified atom stereocenters. The lowest BCUT2D eigenvalue weighted by Crippen LogP contribution is -2.86. The summed E-state index contributed by atoms with van der Waals surface area (Å²) in [7, 11) is 0. The number of aromatic nitrogens is 1. The summed E-state index contributed by atoms with van der Waals surface area (Å²) in [6, 6.07) is 13.7. The van der Waals surface area contributed by atoms with Crippen molar-refractivity contribution in [3.63, 3.8) is 0 Å². The largest absolute Gasteiger partial charge is 0.394 e. The average Bonchev–Trinajstić information content (AvgIpc) is 3.29. The van der Waals surface area contributed by atoms with E-state index in [0.717, 1.165) is 36.8 Å². The Bertz CT molecular complexity index is 937. The predicted molar refractivity (Wildman–Crippen MR) is 116 cm³/mol. The van der Waals surface area contributed by atoms with Crippen molar-refractivity contribution >= 4 is 11.8 Å². The molecule has 2 aromatic rings. The van der Waals surface area contributed by atoms with Gasteiger partial charge in [-0.2, -0.15) is 0 Å². The number of benzene rings is 1. The SMILES string of the molecule is O=C(Cc1cccnc1)N1CC2(C1)[C@H](c1ccccc1)[C@@H](CO)N2C(=O)C1CCCC1. The van der Waals surface area contributed by atoms with Crippen LogP contribution in [0.15, 0.2) is 54.9 Å². The van der Waals surface area contributed by atoms with Crippen molar-refractivity contribution in [2.45, 2.75) is 49.6 Å². The number of amides is 2. The molecule has 2 atom stereocenters. The maximum Gasteiger partial charge on any atom is 0.227 e. The zero-order valence-corrected chi connectivity index (χ0v) is 17.7. The highest BCUT2D eigenvalue weighted by Gasteiger charge is 2.68. The van der Waals surface area contributed by atoms with Gasteiger partial charge in [0.25, 0.3) is 0 Å². The first-order valence-corrected chi connectivity index (χ1v) is 11.3. The molecule has 2 aliphatic heterocycles. The summed E-state index contributed by atoms with van der Waals surface area (Å²) < 4.78 is 0. The highest BCUT2D eigenvalue weighted by atomic mass is 16.3. The van der Waals surface area contributed by atoms with E-state index in [-0.39, 0.29) is 36.3 Å². The van der Waals surface area contributed by atoms with Crippen LogP contribution < -0.4 is 0 Å². The number of rotatable bonds is 5. The molecule has 0 radical (unpaired) electrons. The summed E-state index contributed by atoms with van der Waals surface area (Å²) >= 11 is 0. The number of likely N-dealkylation sites (tertiary alicyclic amines) is 2. The van der Waals surface area contributed by atoms with Gasteiger partial charge in [0.05, 0.1) is 24.6 Å². The molecule has 1 aromatic heterocycles. The van der Waals surface area contributed by atoms with E-state index in [0.29, 0.717) is 19.5 Å². The van der Waals surface area contributed by atoms with Crippen LogP contribution >= 0.6 is 0 Å². The van der Waals surface area contributed by atoms with E-state index in [1.807, 2.05) is 40.1 Å². The maximum absolute atomic E-state index is 13.5. The fraction of sp³-hybridized carbons (Fsp3) is 0.480. The molecular formula is C25H29N3O3. The third kappa shape index (κ3) is 3.33. The van der Waals surface area contributed by atoms with Crippen molar-refractivity contribution in [2.24, 2.45) is 5.92 Å². The molecule has 1 spiro atoms. The lowest BCUT2D eigenvalue weighted by molar-refractivity contribution is -0.205. The van der Waals surface area contributed by atoms with Crippen molar-refractivity contribution in [2.75, 3.05) is 19.7 Å². The van der Waals surface area contributed by atoms with E-state index in [1.165, 1.54) is 0 Å². The van der Waals surface area contributed by atoms with Crippen LogP contribution in [0.25, 0.3) is 0 Å². The summed E-state index contributed by atoms with van der Waals surface area (Å²) in [4.78, 5) is 34.3. The average molecular weight is 420 g/mol. The molecule has 1 N–H and O–H groups in total. The van der Waals surface area contributed by atoms with E-state index < -0.39 is 5.54 Å². The third-order valence-electron chi connectivity index (χ3n) is 7.42. The second-order valence-electron chi connectivity index (χ2n) is 9.22. The van der Waals surface area contributed by atoms with Crippen LogP contribution in [-0.4, -0.2) is 63.0 Å². The number of aliphatic hydroxyl groups is 1. The molecule has 5 rings (SSSR count). The van der Waals surface area contributed by atoms with E-state index >= 15 is 0 Å². The fourth-order valence-electron chi connectivity index (χ4n) is 5.97. The van der Waals surface area contributed by atoms with Gasteiger partial charge in [0, 0.05) is 37.3 Å². The van der Waals surface area contributed by atoms with E-state index in [9.17, 15) is 14.7 Å². The zero-order chi connectivity index (χ0) is 21.4. The molecule has 2 amide bonds. The second kappa shape index (κ2) is 8.08. The molecule has 162 valence electrons. The number of carbonyl (C=O) groups excluding carboxylic acids is 2. The predicted octanol–water partition coefficient (Wildman–Crippen LogP) is 2.38. The first-order valence-electron chi connectivity index (χ1n) is 11.3. The Morgan fingerprint density at radius 1 is 1.06 bits per heavy atom. The summed E-state index contributed by atoms with van der Waals surface area (Å²) in [5, 5.41) is 10.2. The molecule has 3 aliphatic rings. The van der Waals surface area contributed by atoms with Crippen LogP contribution in [0.5, 0.6) is 0 Å². The number of nitrogens with zero attached hydrogens (tertiary/aromatic N) is 3. The topological polar surface area (TPSA) is 73.7 Å². The standard InChI is InChI=1S/C25H29N3O3/c29-15-21-23(19-8-2-1-3-9-19)25(28(21)24(31)20-10-4-5-11-20)16-27(17-25)22(30)13-18-7-6-12-26-14-18/h1-3,6-9,12,14,20-21,23,29H,4-5,10-11,13,15-17H2/t21-,23-/m1/s1. The van der Waals surface area contributed by atoms with E-state index in [4.69, 9.17) is 0 Å². The molecule has 1 saturated carbocycles. The minimum Gasteiger partial charge on any atom is -0.394 e. The van der Waals surface area contributed by atoms with Crippen molar-refractivity contribution in [3.05, 3.63) is 66.0 Å². The lowest BCUT2D eigenvalue weighted by Gasteiger charge is -2.70. The first-order chi connectivity index (χ1) is 15.1. The van der Waals surface area contributed by atoms with Gasteiger partial charge in [0.15, 0.2) is 0 Å². The number of carbonyl (C=O) groups is 2. The van der Waals surface area contributed by atoms with Gasteiger partial charge in [-0.15, -0.1) is 0 Å². The monoisotopic (exact) mass is 419 g/mol. The number of hydrogen-bond acceptors (Lipinski definition) is 4. The van der Waals surface area contributed by atoms with Crippen molar-refractivity contribution in [1.82, 2.24) is 14.8 Å².